The summed E-state index contributed by atoms with van der Waals surface area (Å²) in [5, 5.41) is 0. The van der Waals surface area contributed by atoms with Gasteiger partial charge in [0.1, 0.15) is 11.5 Å². The highest BCUT2D eigenvalue weighted by Gasteiger charge is 2.26. The lowest BCUT2D eigenvalue weighted by Crippen LogP contribution is -2.40. The number of nitrogens with zero attached hydrogens (tertiary/aromatic N) is 2. The highest BCUT2D eigenvalue weighted by molar-refractivity contribution is 5.83. The second kappa shape index (κ2) is 7.84. The second-order valence-corrected chi connectivity index (χ2v) is 7.23. The van der Waals surface area contributed by atoms with Crippen molar-refractivity contribution < 1.29 is 4.79 Å². The van der Waals surface area contributed by atoms with Crippen LogP contribution in [0.15, 0.2) is 59.4 Å². The number of ketones is 1. The van der Waals surface area contributed by atoms with Crippen LogP contribution in [0.4, 0.5) is 0 Å². The van der Waals surface area contributed by atoms with Crippen LogP contribution in [0.2, 0.25) is 0 Å². The molecule has 1 aliphatic rings. The third-order valence-electron chi connectivity index (χ3n) is 5.23. The second-order valence-electron chi connectivity index (χ2n) is 7.23. The van der Waals surface area contributed by atoms with Crippen molar-refractivity contribution in [1.29, 1.82) is 0 Å². The van der Waals surface area contributed by atoms with E-state index in [4.69, 9.17) is 0 Å². The summed E-state index contributed by atoms with van der Waals surface area (Å²) in [6.07, 6.45) is 2.37. The summed E-state index contributed by atoms with van der Waals surface area (Å²) in [6, 6.07) is 17.4. The maximum Gasteiger partial charge on any atom is 0.271 e. The van der Waals surface area contributed by atoms with E-state index in [0.717, 1.165) is 36.0 Å². The first-order chi connectivity index (χ1) is 13.2. The molecule has 0 aliphatic carbocycles. The van der Waals surface area contributed by atoms with Gasteiger partial charge >= 0.3 is 0 Å². The van der Waals surface area contributed by atoms with Crippen molar-refractivity contribution in [3.63, 3.8) is 0 Å². The first kappa shape index (κ1) is 17.6. The largest absolute Gasteiger partial charge is 0.319 e. The number of Topliss-reactive ketones (excluding diaryl/α,β-unsaturated/α-hetero) is 1. The molecule has 27 heavy (non-hydrogen) atoms. The van der Waals surface area contributed by atoms with Crippen LogP contribution >= 0.6 is 0 Å². The van der Waals surface area contributed by atoms with Gasteiger partial charge in [-0.05, 0) is 37.1 Å². The topological polar surface area (TPSA) is 66.1 Å². The number of piperidine rings is 1. The molecule has 4 rings (SSSR count). The number of hydrogen-bond donors (Lipinski definition) is 1. The molecule has 0 radical (unpaired) electrons. The van der Waals surface area contributed by atoms with Gasteiger partial charge in [-0.1, -0.05) is 42.5 Å². The van der Waals surface area contributed by atoms with Gasteiger partial charge in [-0.15, -0.1) is 0 Å². The monoisotopic (exact) mass is 361 g/mol. The Hall–Kier alpha value is -2.79. The first-order valence-corrected chi connectivity index (χ1v) is 9.46. The third kappa shape index (κ3) is 4.14. The van der Waals surface area contributed by atoms with Gasteiger partial charge in [0.15, 0.2) is 0 Å². The Balaban J connectivity index is 1.45. The van der Waals surface area contributed by atoms with E-state index in [2.05, 4.69) is 14.9 Å². The molecule has 0 spiro atoms. The molecular formula is C22H23N3O2. The standard InChI is InChI=1S/C22H23N3O2/c26-21(13-16-7-2-1-3-8-16)17-9-6-12-25(14-17)15-20-22(27)24-19-11-5-4-10-18(19)23-20/h1-5,7-8,10-11,17H,6,9,12-15H2,(H,24,27)/t17-/m0/s1. The number of aromatic nitrogens is 2. The Morgan fingerprint density at radius 2 is 1.89 bits per heavy atom. The van der Waals surface area contributed by atoms with Crippen LogP contribution in [-0.4, -0.2) is 33.7 Å². The summed E-state index contributed by atoms with van der Waals surface area (Å²) in [7, 11) is 0. The fraction of sp³-hybridized carbons (Fsp3) is 0.318. The molecule has 3 aromatic rings. The van der Waals surface area contributed by atoms with Gasteiger partial charge in [-0.2, -0.15) is 0 Å². The van der Waals surface area contributed by atoms with Gasteiger partial charge in [0.2, 0.25) is 0 Å². The van der Waals surface area contributed by atoms with Gasteiger partial charge in [-0.25, -0.2) is 4.98 Å². The molecular weight excluding hydrogens is 338 g/mol. The van der Waals surface area contributed by atoms with Crippen LogP contribution in [-0.2, 0) is 17.8 Å². The summed E-state index contributed by atoms with van der Waals surface area (Å²) in [5.74, 6) is 0.310. The number of aromatic amines is 1. The summed E-state index contributed by atoms with van der Waals surface area (Å²) < 4.78 is 0. The molecule has 1 saturated heterocycles. The fourth-order valence-electron chi connectivity index (χ4n) is 3.79. The van der Waals surface area contributed by atoms with Crippen LogP contribution in [0.1, 0.15) is 24.1 Å². The van der Waals surface area contributed by atoms with Crippen LogP contribution in [0.25, 0.3) is 11.0 Å². The van der Waals surface area contributed by atoms with Crippen LogP contribution in [0, 0.1) is 5.92 Å². The lowest BCUT2D eigenvalue weighted by Gasteiger charge is -2.31. The molecule has 1 fully saturated rings. The lowest BCUT2D eigenvalue weighted by atomic mass is 9.90. The van der Waals surface area contributed by atoms with E-state index < -0.39 is 0 Å². The molecule has 2 heterocycles. The van der Waals surface area contributed by atoms with Crippen LogP contribution < -0.4 is 5.56 Å². The Kier molecular flexibility index (Phi) is 5.12. The van der Waals surface area contributed by atoms with E-state index in [1.54, 1.807) is 0 Å². The number of fused-ring (bicyclic) bond motifs is 1. The molecule has 0 saturated carbocycles. The molecule has 1 N–H and O–H groups in total. The predicted octanol–water partition coefficient (Wildman–Crippen LogP) is 2.95. The van der Waals surface area contributed by atoms with Gasteiger partial charge in [0, 0.05) is 25.4 Å². The molecule has 5 heteroatoms. The Morgan fingerprint density at radius 1 is 1.11 bits per heavy atom. The SMILES string of the molecule is O=C(Cc1ccccc1)[C@H]1CCCN(Cc2nc3ccccc3[nH]c2=O)C1. The molecule has 5 nitrogen and oxygen atoms in total. The number of nitrogens with one attached hydrogen (secondary N) is 1. The highest BCUT2D eigenvalue weighted by atomic mass is 16.1. The minimum absolute atomic E-state index is 0.0264. The number of likely N-dealkylation sites (tertiary alicyclic amines) is 1. The summed E-state index contributed by atoms with van der Waals surface area (Å²) in [5.41, 5.74) is 2.98. The number of H-pyrrole nitrogens is 1. The average molecular weight is 361 g/mol. The Morgan fingerprint density at radius 3 is 2.74 bits per heavy atom. The number of rotatable bonds is 5. The average Bonchev–Trinajstić information content (AvgIpc) is 2.69. The van der Waals surface area contributed by atoms with E-state index in [1.807, 2.05) is 54.6 Å². The van der Waals surface area contributed by atoms with Crippen molar-refractivity contribution in [2.24, 2.45) is 5.92 Å². The smallest absolute Gasteiger partial charge is 0.271 e. The maximum absolute atomic E-state index is 12.7. The Labute approximate surface area is 158 Å². The van der Waals surface area contributed by atoms with E-state index in [0.29, 0.717) is 25.2 Å². The molecule has 0 amide bonds. The fourth-order valence-corrected chi connectivity index (χ4v) is 3.79. The van der Waals surface area contributed by atoms with Gasteiger partial charge in [0.05, 0.1) is 11.0 Å². The zero-order chi connectivity index (χ0) is 18.6. The molecule has 1 aromatic heterocycles. The zero-order valence-electron chi connectivity index (χ0n) is 15.2. The van der Waals surface area contributed by atoms with Gasteiger partial charge < -0.3 is 4.98 Å². The molecule has 1 aliphatic heterocycles. The highest BCUT2D eigenvalue weighted by Crippen LogP contribution is 2.20. The van der Waals surface area contributed by atoms with Crippen molar-refractivity contribution in [3.05, 3.63) is 76.2 Å². The molecule has 0 bridgehead atoms. The molecule has 2 aromatic carbocycles. The third-order valence-corrected chi connectivity index (χ3v) is 5.23. The van der Waals surface area contributed by atoms with E-state index in [9.17, 15) is 9.59 Å². The van der Waals surface area contributed by atoms with Gasteiger partial charge in [0.25, 0.3) is 5.56 Å². The summed E-state index contributed by atoms with van der Waals surface area (Å²) >= 11 is 0. The van der Waals surface area contributed by atoms with E-state index in [1.165, 1.54) is 0 Å². The predicted molar refractivity (Wildman–Crippen MR) is 106 cm³/mol. The van der Waals surface area contributed by atoms with E-state index >= 15 is 0 Å². The number of carbonyl (C=O) groups excluding carboxylic acids is 1. The number of hydrogen-bond acceptors (Lipinski definition) is 4. The first-order valence-electron chi connectivity index (χ1n) is 9.46. The van der Waals surface area contributed by atoms with Crippen molar-refractivity contribution in [3.8, 4) is 0 Å². The zero-order valence-corrected chi connectivity index (χ0v) is 15.2. The minimum Gasteiger partial charge on any atom is -0.319 e. The molecule has 1 atom stereocenters. The van der Waals surface area contributed by atoms with Crippen molar-refractivity contribution in [2.75, 3.05) is 13.1 Å². The maximum atomic E-state index is 12.7. The molecule has 138 valence electrons. The summed E-state index contributed by atoms with van der Waals surface area (Å²) in [4.78, 5) is 34.7. The minimum atomic E-state index is -0.147. The number of carbonyl (C=O) groups is 1. The lowest BCUT2D eigenvalue weighted by molar-refractivity contribution is -0.124. The van der Waals surface area contributed by atoms with Crippen molar-refractivity contribution in [2.45, 2.75) is 25.8 Å². The summed E-state index contributed by atoms with van der Waals surface area (Å²) in [6.45, 7) is 2.07. The van der Waals surface area contributed by atoms with Crippen LogP contribution in [0.5, 0.6) is 0 Å². The van der Waals surface area contributed by atoms with Crippen molar-refractivity contribution in [1.82, 2.24) is 14.9 Å². The quantitative estimate of drug-likeness (QED) is 0.759. The number of benzene rings is 2. The molecule has 0 unspecified atom stereocenters. The van der Waals surface area contributed by atoms with Crippen LogP contribution in [0.3, 0.4) is 0 Å². The van der Waals surface area contributed by atoms with E-state index in [-0.39, 0.29) is 17.3 Å². The number of para-hydroxylation sites is 2. The van der Waals surface area contributed by atoms with Crippen molar-refractivity contribution >= 4 is 16.8 Å². The Bertz CT molecular complexity index is 997. The normalized spacial score (nSPS) is 17.9. The van der Waals surface area contributed by atoms with Gasteiger partial charge in [-0.3, -0.25) is 14.5 Å².